The van der Waals surface area contributed by atoms with Crippen LogP contribution >= 0.6 is 22.7 Å². The van der Waals surface area contributed by atoms with Gasteiger partial charge in [-0.2, -0.15) is 0 Å². The molecule has 0 fully saturated rings. The molecule has 19 heavy (non-hydrogen) atoms. The summed E-state index contributed by atoms with van der Waals surface area (Å²) in [5.74, 6) is 0. The van der Waals surface area contributed by atoms with Crippen LogP contribution in [-0.2, 0) is 0 Å². The molecule has 0 amide bonds. The Bertz CT molecular complexity index is 977. The van der Waals surface area contributed by atoms with Crippen molar-refractivity contribution in [2.75, 3.05) is 0 Å². The zero-order chi connectivity index (χ0) is 12.4. The molecule has 0 spiro atoms. The van der Waals surface area contributed by atoms with Gasteiger partial charge in [-0.15, -0.1) is 0 Å². The molecule has 0 unspecified atom stereocenters. The Morgan fingerprint density at radius 1 is 0.684 bits per heavy atom. The van der Waals surface area contributed by atoms with Crippen molar-refractivity contribution in [2.45, 2.75) is 0 Å². The fourth-order valence-electron chi connectivity index (χ4n) is 2.69. The Hall–Kier alpha value is -1.12. The fraction of sp³-hybridized carbons (Fsp3) is 0. The molecule has 90 valence electrons. The number of thiophene rings is 2. The second-order valence-electron chi connectivity index (χ2n) is 4.72. The van der Waals surface area contributed by atoms with Crippen LogP contribution < -0.4 is 0 Å². The van der Waals surface area contributed by atoms with Gasteiger partial charge in [0.2, 0.25) is 0 Å². The molecule has 0 aliphatic rings. The van der Waals surface area contributed by atoms with Crippen LogP contribution in [0.3, 0.4) is 0 Å². The van der Waals surface area contributed by atoms with E-state index in [1.807, 2.05) is 22.7 Å². The monoisotopic (exact) mass is 344 g/mol. The Morgan fingerprint density at radius 2 is 1.21 bits per heavy atom. The van der Waals surface area contributed by atoms with Gasteiger partial charge in [-0.3, -0.25) is 0 Å². The standard InChI is InChI=1S/C16H8S2Se/c1-3-17-13-7-11-12-8-14-10(2-4-18-14)6-16(12)19-15(11)5-9(1)13/h1-8H. The van der Waals surface area contributed by atoms with Gasteiger partial charge < -0.3 is 0 Å². The van der Waals surface area contributed by atoms with Crippen LogP contribution in [0.2, 0.25) is 0 Å². The van der Waals surface area contributed by atoms with Gasteiger partial charge >= 0.3 is 124 Å². The molecule has 5 rings (SSSR count). The summed E-state index contributed by atoms with van der Waals surface area (Å²) in [6, 6.07) is 14.0. The van der Waals surface area contributed by atoms with Gasteiger partial charge in [0, 0.05) is 0 Å². The predicted octanol–water partition coefficient (Wildman–Crippen LogP) is 5.48. The van der Waals surface area contributed by atoms with E-state index in [0.717, 1.165) is 0 Å². The summed E-state index contributed by atoms with van der Waals surface area (Å²) in [7, 11) is 0. The molecule has 0 aliphatic heterocycles. The third kappa shape index (κ3) is 1.44. The number of benzene rings is 2. The van der Waals surface area contributed by atoms with Crippen LogP contribution in [-0.4, -0.2) is 14.5 Å². The van der Waals surface area contributed by atoms with E-state index < -0.39 is 0 Å². The van der Waals surface area contributed by atoms with Gasteiger partial charge in [-0.25, -0.2) is 0 Å². The first-order valence-electron chi connectivity index (χ1n) is 6.09. The molecule has 0 bridgehead atoms. The molecule has 0 nitrogen and oxygen atoms in total. The molecule has 0 radical (unpaired) electrons. The zero-order valence-corrected chi connectivity index (χ0v) is 13.2. The normalized spacial score (nSPS) is 12.2. The minimum atomic E-state index is 0.469. The average molecular weight is 343 g/mol. The molecule has 3 aromatic heterocycles. The molecule has 0 atom stereocenters. The topological polar surface area (TPSA) is 0 Å². The third-order valence-corrected chi connectivity index (χ3v) is 7.72. The van der Waals surface area contributed by atoms with Gasteiger partial charge in [0.1, 0.15) is 0 Å². The summed E-state index contributed by atoms with van der Waals surface area (Å²) < 4.78 is 5.92. The van der Waals surface area contributed by atoms with E-state index in [2.05, 4.69) is 47.2 Å². The maximum atomic E-state index is 2.40. The third-order valence-electron chi connectivity index (χ3n) is 3.62. The van der Waals surface area contributed by atoms with Crippen molar-refractivity contribution in [3.63, 3.8) is 0 Å². The van der Waals surface area contributed by atoms with Crippen molar-refractivity contribution in [1.82, 2.24) is 0 Å². The Balaban J connectivity index is 2.06. The van der Waals surface area contributed by atoms with E-state index in [9.17, 15) is 0 Å². The van der Waals surface area contributed by atoms with Gasteiger partial charge in [0.15, 0.2) is 0 Å². The summed E-state index contributed by atoms with van der Waals surface area (Å²) >= 11 is 4.15. The summed E-state index contributed by atoms with van der Waals surface area (Å²) in [5, 5.41) is 10.1. The minimum absolute atomic E-state index is 0.469. The van der Waals surface area contributed by atoms with Crippen molar-refractivity contribution in [3.8, 4) is 0 Å². The van der Waals surface area contributed by atoms with E-state index in [-0.39, 0.29) is 0 Å². The number of hydrogen-bond acceptors (Lipinski definition) is 2. The summed E-state index contributed by atoms with van der Waals surface area (Å²) in [4.78, 5) is 0. The quantitative estimate of drug-likeness (QED) is 0.327. The van der Waals surface area contributed by atoms with Crippen LogP contribution in [0.15, 0.2) is 47.2 Å². The van der Waals surface area contributed by atoms with Crippen LogP contribution in [0.25, 0.3) is 39.5 Å². The fourth-order valence-corrected chi connectivity index (χ4v) is 6.75. The van der Waals surface area contributed by atoms with Crippen molar-refractivity contribution in [2.24, 2.45) is 0 Å². The number of rotatable bonds is 0. The van der Waals surface area contributed by atoms with Crippen LogP contribution in [0.5, 0.6) is 0 Å². The van der Waals surface area contributed by atoms with Crippen LogP contribution in [0.4, 0.5) is 0 Å². The molecule has 0 aliphatic carbocycles. The van der Waals surface area contributed by atoms with Gasteiger partial charge in [0.25, 0.3) is 0 Å². The summed E-state index contributed by atoms with van der Waals surface area (Å²) in [6.45, 7) is 0. The Kier molecular flexibility index (Phi) is 2.08. The van der Waals surface area contributed by atoms with E-state index in [4.69, 9.17) is 0 Å². The molecule has 3 heterocycles. The van der Waals surface area contributed by atoms with E-state index in [1.165, 1.54) is 30.9 Å². The van der Waals surface area contributed by atoms with E-state index in [1.54, 1.807) is 8.52 Å². The first-order valence-corrected chi connectivity index (χ1v) is 9.56. The molecular weight excluding hydrogens is 335 g/mol. The zero-order valence-electron chi connectivity index (χ0n) is 9.84. The Labute approximate surface area is 123 Å². The predicted molar refractivity (Wildman–Crippen MR) is 89.2 cm³/mol. The number of hydrogen-bond donors (Lipinski definition) is 0. The molecule has 0 saturated heterocycles. The van der Waals surface area contributed by atoms with Crippen molar-refractivity contribution >= 4 is 76.6 Å². The van der Waals surface area contributed by atoms with Gasteiger partial charge in [-0.05, 0) is 0 Å². The van der Waals surface area contributed by atoms with Crippen LogP contribution in [0, 0.1) is 0 Å². The molecule has 5 aromatic rings. The molecule has 0 saturated carbocycles. The number of fused-ring (bicyclic) bond motifs is 5. The second kappa shape index (κ2) is 3.71. The molecule has 0 N–H and O–H groups in total. The molecular formula is C16H8S2Se. The molecule has 3 heteroatoms. The van der Waals surface area contributed by atoms with E-state index in [0.29, 0.717) is 14.5 Å². The average Bonchev–Trinajstić information content (AvgIpc) is 3.10. The van der Waals surface area contributed by atoms with E-state index >= 15 is 0 Å². The second-order valence-corrected chi connectivity index (χ2v) is 8.88. The van der Waals surface area contributed by atoms with Gasteiger partial charge in [0.05, 0.1) is 0 Å². The molecule has 2 aromatic carbocycles. The SMILES string of the molecule is c1cc2cc3[se]c4cc5ccsc5cc4c3cc2s1. The summed E-state index contributed by atoms with van der Waals surface area (Å²) in [5.41, 5.74) is 0. The van der Waals surface area contributed by atoms with Crippen molar-refractivity contribution < 1.29 is 0 Å². The van der Waals surface area contributed by atoms with Crippen molar-refractivity contribution in [3.05, 3.63) is 47.2 Å². The first kappa shape index (κ1) is 10.6. The van der Waals surface area contributed by atoms with Gasteiger partial charge in [-0.1, -0.05) is 0 Å². The summed E-state index contributed by atoms with van der Waals surface area (Å²) in [6.07, 6.45) is 0. The van der Waals surface area contributed by atoms with Crippen molar-refractivity contribution in [1.29, 1.82) is 0 Å². The Morgan fingerprint density at radius 3 is 1.74 bits per heavy atom. The maximum absolute atomic E-state index is 2.40. The first-order chi connectivity index (χ1) is 9.38. The van der Waals surface area contributed by atoms with Crippen LogP contribution in [0.1, 0.15) is 0 Å².